The minimum absolute atomic E-state index is 0.0778. The lowest BCUT2D eigenvalue weighted by atomic mass is 10.1. The van der Waals surface area contributed by atoms with Gasteiger partial charge in [-0.15, -0.1) is 0 Å². The van der Waals surface area contributed by atoms with Gasteiger partial charge in [-0.2, -0.15) is 0 Å². The Morgan fingerprint density at radius 1 is 1.30 bits per heavy atom. The number of carbonyl (C=O) groups is 1. The van der Waals surface area contributed by atoms with E-state index in [9.17, 15) is 9.18 Å². The van der Waals surface area contributed by atoms with Crippen LogP contribution < -0.4 is 15.8 Å². The molecule has 0 radical (unpaired) electrons. The molecule has 0 unspecified atom stereocenters. The molecule has 0 bridgehead atoms. The zero-order valence-electron chi connectivity index (χ0n) is 11.0. The lowest BCUT2D eigenvalue weighted by Crippen LogP contribution is -2.15. The summed E-state index contributed by atoms with van der Waals surface area (Å²) < 4.78 is 18.1. The van der Waals surface area contributed by atoms with E-state index in [0.717, 1.165) is 0 Å². The number of rotatable bonds is 4. The molecule has 0 saturated heterocycles. The van der Waals surface area contributed by atoms with Crippen LogP contribution >= 0.6 is 0 Å². The summed E-state index contributed by atoms with van der Waals surface area (Å²) >= 11 is 0. The number of hydrogen-bond donors (Lipinski definition) is 2. The van der Waals surface area contributed by atoms with Crippen molar-refractivity contribution >= 4 is 17.3 Å². The molecule has 20 heavy (non-hydrogen) atoms. The number of nitrogen functional groups attached to an aromatic ring is 1. The van der Waals surface area contributed by atoms with Crippen molar-refractivity contribution in [1.29, 1.82) is 0 Å². The Labute approximate surface area is 116 Å². The predicted octanol–water partition coefficient (Wildman–Crippen LogP) is 2.60. The second kappa shape index (κ2) is 6.06. The van der Waals surface area contributed by atoms with E-state index < -0.39 is 0 Å². The van der Waals surface area contributed by atoms with Crippen LogP contribution in [-0.4, -0.2) is 13.0 Å². The highest BCUT2D eigenvalue weighted by Crippen LogP contribution is 2.24. The topological polar surface area (TPSA) is 64.3 Å². The largest absolute Gasteiger partial charge is 0.497 e. The van der Waals surface area contributed by atoms with Gasteiger partial charge in [0, 0.05) is 6.07 Å². The zero-order chi connectivity index (χ0) is 14.5. The molecule has 2 aromatic carbocycles. The van der Waals surface area contributed by atoms with Crippen LogP contribution in [0.25, 0.3) is 0 Å². The summed E-state index contributed by atoms with van der Waals surface area (Å²) in [5.74, 6) is -0.0352. The molecule has 0 spiro atoms. The van der Waals surface area contributed by atoms with E-state index in [-0.39, 0.29) is 18.1 Å². The summed E-state index contributed by atoms with van der Waals surface area (Å²) in [5, 5.41) is 2.69. The third-order valence-electron chi connectivity index (χ3n) is 2.79. The van der Waals surface area contributed by atoms with Crippen LogP contribution in [0.5, 0.6) is 5.75 Å². The van der Waals surface area contributed by atoms with Crippen LogP contribution in [0.3, 0.4) is 0 Å². The first-order valence-corrected chi connectivity index (χ1v) is 6.06. The maximum atomic E-state index is 13.0. The third-order valence-corrected chi connectivity index (χ3v) is 2.79. The van der Waals surface area contributed by atoms with Crippen molar-refractivity contribution in [1.82, 2.24) is 0 Å². The van der Waals surface area contributed by atoms with Crippen LogP contribution in [0, 0.1) is 5.82 Å². The van der Waals surface area contributed by atoms with E-state index in [4.69, 9.17) is 10.5 Å². The molecule has 0 aromatic heterocycles. The van der Waals surface area contributed by atoms with Gasteiger partial charge in [0.2, 0.25) is 5.91 Å². The number of methoxy groups -OCH3 is 1. The average Bonchev–Trinajstić information content (AvgIpc) is 2.41. The Bertz CT molecular complexity index is 629. The molecule has 0 aliphatic carbocycles. The highest BCUT2D eigenvalue weighted by atomic mass is 19.1. The van der Waals surface area contributed by atoms with Crippen molar-refractivity contribution in [2.45, 2.75) is 6.42 Å². The summed E-state index contributed by atoms with van der Waals surface area (Å²) in [4.78, 5) is 11.9. The quantitative estimate of drug-likeness (QED) is 0.842. The van der Waals surface area contributed by atoms with E-state index in [1.54, 1.807) is 30.3 Å². The molecule has 0 saturated carbocycles. The lowest BCUT2D eigenvalue weighted by Gasteiger charge is -2.10. The number of halogens is 1. The van der Waals surface area contributed by atoms with E-state index >= 15 is 0 Å². The van der Waals surface area contributed by atoms with Crippen molar-refractivity contribution in [3.05, 3.63) is 53.8 Å². The molecule has 0 aliphatic heterocycles. The molecule has 0 heterocycles. The Kier molecular flexibility index (Phi) is 4.20. The number of amides is 1. The van der Waals surface area contributed by atoms with Gasteiger partial charge in [-0.25, -0.2) is 4.39 Å². The normalized spacial score (nSPS) is 10.1. The van der Waals surface area contributed by atoms with Gasteiger partial charge < -0.3 is 15.8 Å². The molecule has 0 aliphatic rings. The van der Waals surface area contributed by atoms with Gasteiger partial charge in [0.25, 0.3) is 0 Å². The van der Waals surface area contributed by atoms with E-state index in [1.807, 2.05) is 0 Å². The molecule has 3 N–H and O–H groups in total. The fourth-order valence-corrected chi connectivity index (χ4v) is 1.80. The first-order chi connectivity index (χ1) is 9.58. The van der Waals surface area contributed by atoms with Crippen molar-refractivity contribution < 1.29 is 13.9 Å². The van der Waals surface area contributed by atoms with Gasteiger partial charge in [-0.3, -0.25) is 4.79 Å². The summed E-state index contributed by atoms with van der Waals surface area (Å²) in [7, 11) is 1.53. The zero-order valence-corrected chi connectivity index (χ0v) is 11.0. The first-order valence-electron chi connectivity index (χ1n) is 6.06. The van der Waals surface area contributed by atoms with Crippen LogP contribution in [-0.2, 0) is 11.2 Å². The summed E-state index contributed by atoms with van der Waals surface area (Å²) in [6.07, 6.45) is 0.0778. The van der Waals surface area contributed by atoms with Crippen molar-refractivity contribution in [2.75, 3.05) is 18.2 Å². The SMILES string of the molecule is COc1ccc(N)c(NC(=O)Cc2cccc(F)c2)c1. The molecular weight excluding hydrogens is 259 g/mol. The Balaban J connectivity index is 2.08. The van der Waals surface area contributed by atoms with Gasteiger partial charge in [-0.05, 0) is 29.8 Å². The molecule has 5 heteroatoms. The molecular formula is C15H15FN2O2. The summed E-state index contributed by atoms with van der Waals surface area (Å²) in [6.45, 7) is 0. The van der Waals surface area contributed by atoms with Gasteiger partial charge in [0.15, 0.2) is 0 Å². The first kappa shape index (κ1) is 13.9. The van der Waals surface area contributed by atoms with Gasteiger partial charge in [0.1, 0.15) is 11.6 Å². The Morgan fingerprint density at radius 3 is 2.80 bits per heavy atom. The number of carbonyl (C=O) groups excluding carboxylic acids is 1. The van der Waals surface area contributed by atoms with Crippen molar-refractivity contribution in [2.24, 2.45) is 0 Å². The maximum Gasteiger partial charge on any atom is 0.228 e. The number of anilines is 2. The standard InChI is InChI=1S/C15H15FN2O2/c1-20-12-5-6-13(17)14(9-12)18-15(19)8-10-3-2-4-11(16)7-10/h2-7,9H,8,17H2,1H3,(H,18,19). The van der Waals surface area contributed by atoms with E-state index in [1.165, 1.54) is 19.2 Å². The van der Waals surface area contributed by atoms with Gasteiger partial charge >= 0.3 is 0 Å². The van der Waals surface area contributed by atoms with Gasteiger partial charge in [-0.1, -0.05) is 12.1 Å². The number of nitrogens with two attached hydrogens (primary N) is 1. The second-order valence-electron chi connectivity index (χ2n) is 4.31. The number of hydrogen-bond acceptors (Lipinski definition) is 3. The van der Waals surface area contributed by atoms with Crippen LogP contribution in [0.2, 0.25) is 0 Å². The predicted molar refractivity (Wildman–Crippen MR) is 76.1 cm³/mol. The van der Waals surface area contributed by atoms with Crippen LogP contribution in [0.15, 0.2) is 42.5 Å². The fourth-order valence-electron chi connectivity index (χ4n) is 1.80. The highest BCUT2D eigenvalue weighted by molar-refractivity contribution is 5.95. The summed E-state index contributed by atoms with van der Waals surface area (Å²) in [5.41, 5.74) is 7.30. The molecule has 0 fully saturated rings. The Hall–Kier alpha value is -2.56. The third kappa shape index (κ3) is 3.47. The lowest BCUT2D eigenvalue weighted by molar-refractivity contribution is -0.115. The average molecular weight is 274 g/mol. The number of benzene rings is 2. The van der Waals surface area contributed by atoms with Crippen LogP contribution in [0.4, 0.5) is 15.8 Å². The second-order valence-corrected chi connectivity index (χ2v) is 4.31. The van der Waals surface area contributed by atoms with Crippen molar-refractivity contribution in [3.63, 3.8) is 0 Å². The van der Waals surface area contributed by atoms with Crippen LogP contribution in [0.1, 0.15) is 5.56 Å². The maximum absolute atomic E-state index is 13.0. The molecule has 4 nitrogen and oxygen atoms in total. The number of ether oxygens (including phenoxy) is 1. The molecule has 2 aromatic rings. The molecule has 104 valence electrons. The molecule has 1 amide bonds. The van der Waals surface area contributed by atoms with E-state index in [0.29, 0.717) is 22.7 Å². The highest BCUT2D eigenvalue weighted by Gasteiger charge is 2.08. The van der Waals surface area contributed by atoms with E-state index in [2.05, 4.69) is 5.32 Å². The monoisotopic (exact) mass is 274 g/mol. The number of nitrogens with one attached hydrogen (secondary N) is 1. The molecule has 2 rings (SSSR count). The fraction of sp³-hybridized carbons (Fsp3) is 0.133. The smallest absolute Gasteiger partial charge is 0.228 e. The van der Waals surface area contributed by atoms with Gasteiger partial charge in [0.05, 0.1) is 24.9 Å². The summed E-state index contributed by atoms with van der Waals surface area (Å²) in [6, 6.07) is 10.9. The Morgan fingerprint density at radius 2 is 2.10 bits per heavy atom. The minimum atomic E-state index is -0.365. The minimum Gasteiger partial charge on any atom is -0.497 e. The molecule has 0 atom stereocenters. The van der Waals surface area contributed by atoms with Crippen molar-refractivity contribution in [3.8, 4) is 5.75 Å².